The highest BCUT2D eigenvalue weighted by atomic mass is 19.3. The standard InChI is InChI=1S/C10H10F3N/c11-8-3-1-2-7(6-8)9-10(12,13)4-5-14-9/h1-3,6,9,14H,4-5H2. The zero-order valence-electron chi connectivity index (χ0n) is 7.43. The van der Waals surface area contributed by atoms with E-state index in [4.69, 9.17) is 0 Å². The van der Waals surface area contributed by atoms with E-state index in [1.165, 1.54) is 18.2 Å². The Hall–Kier alpha value is -1.03. The molecule has 1 aromatic carbocycles. The molecule has 1 fully saturated rings. The third-order valence-corrected chi connectivity index (χ3v) is 2.41. The van der Waals surface area contributed by atoms with Gasteiger partial charge in [0.1, 0.15) is 5.82 Å². The first-order valence-electron chi connectivity index (χ1n) is 4.46. The van der Waals surface area contributed by atoms with Gasteiger partial charge in [-0.1, -0.05) is 12.1 Å². The maximum Gasteiger partial charge on any atom is 0.268 e. The van der Waals surface area contributed by atoms with E-state index in [1.807, 2.05) is 0 Å². The molecule has 1 aliphatic heterocycles. The van der Waals surface area contributed by atoms with Gasteiger partial charge in [-0.15, -0.1) is 0 Å². The van der Waals surface area contributed by atoms with Crippen LogP contribution in [0.15, 0.2) is 24.3 Å². The molecule has 1 nitrogen and oxygen atoms in total. The summed E-state index contributed by atoms with van der Waals surface area (Å²) in [5.41, 5.74) is 0.313. The summed E-state index contributed by atoms with van der Waals surface area (Å²) in [6.45, 7) is 0.272. The molecule has 1 aliphatic rings. The molecule has 0 amide bonds. The third kappa shape index (κ3) is 1.62. The second-order valence-electron chi connectivity index (χ2n) is 3.45. The van der Waals surface area contributed by atoms with Crippen molar-refractivity contribution in [3.05, 3.63) is 35.6 Å². The van der Waals surface area contributed by atoms with Crippen LogP contribution in [0.3, 0.4) is 0 Å². The molecule has 1 atom stereocenters. The van der Waals surface area contributed by atoms with E-state index in [1.54, 1.807) is 0 Å². The minimum atomic E-state index is -2.77. The van der Waals surface area contributed by atoms with E-state index in [2.05, 4.69) is 5.32 Å². The second-order valence-corrected chi connectivity index (χ2v) is 3.45. The van der Waals surface area contributed by atoms with Crippen molar-refractivity contribution < 1.29 is 13.2 Å². The third-order valence-electron chi connectivity index (χ3n) is 2.41. The lowest BCUT2D eigenvalue weighted by atomic mass is 10.0. The van der Waals surface area contributed by atoms with Gasteiger partial charge in [-0.25, -0.2) is 13.2 Å². The van der Waals surface area contributed by atoms with Crippen molar-refractivity contribution in [1.29, 1.82) is 0 Å². The number of rotatable bonds is 1. The van der Waals surface area contributed by atoms with Crippen LogP contribution in [0.4, 0.5) is 13.2 Å². The van der Waals surface area contributed by atoms with Gasteiger partial charge in [0, 0.05) is 13.0 Å². The van der Waals surface area contributed by atoms with Crippen LogP contribution in [0.2, 0.25) is 0 Å². The quantitative estimate of drug-likeness (QED) is 0.736. The molecule has 0 bridgehead atoms. The summed E-state index contributed by atoms with van der Waals surface area (Å²) in [6, 6.07) is 4.31. The van der Waals surface area contributed by atoms with Crippen molar-refractivity contribution >= 4 is 0 Å². The highest BCUT2D eigenvalue weighted by Crippen LogP contribution is 2.38. The Bertz CT molecular complexity index is 338. The molecular formula is C10H10F3N. The van der Waals surface area contributed by atoms with E-state index in [0.717, 1.165) is 6.07 Å². The Morgan fingerprint density at radius 1 is 1.36 bits per heavy atom. The van der Waals surface area contributed by atoms with Crippen LogP contribution >= 0.6 is 0 Å². The van der Waals surface area contributed by atoms with Crippen LogP contribution in [0, 0.1) is 5.82 Å². The van der Waals surface area contributed by atoms with Crippen molar-refractivity contribution in [2.45, 2.75) is 18.4 Å². The summed E-state index contributed by atoms with van der Waals surface area (Å²) >= 11 is 0. The van der Waals surface area contributed by atoms with Crippen LogP contribution < -0.4 is 5.32 Å². The lowest BCUT2D eigenvalue weighted by Gasteiger charge is -2.18. The zero-order valence-corrected chi connectivity index (χ0v) is 7.43. The normalized spacial score (nSPS) is 25.2. The second kappa shape index (κ2) is 3.28. The van der Waals surface area contributed by atoms with Gasteiger partial charge in [0.25, 0.3) is 5.92 Å². The van der Waals surface area contributed by atoms with Crippen molar-refractivity contribution in [1.82, 2.24) is 5.32 Å². The van der Waals surface area contributed by atoms with Crippen LogP contribution in [-0.2, 0) is 0 Å². The van der Waals surface area contributed by atoms with Gasteiger partial charge in [-0.3, -0.25) is 0 Å². The smallest absolute Gasteiger partial charge is 0.268 e. The summed E-state index contributed by atoms with van der Waals surface area (Å²) in [5.74, 6) is -3.25. The Balaban J connectivity index is 2.31. The number of alkyl halides is 2. The van der Waals surface area contributed by atoms with E-state index < -0.39 is 17.8 Å². The molecular weight excluding hydrogens is 191 g/mol. The largest absolute Gasteiger partial charge is 0.305 e. The van der Waals surface area contributed by atoms with Crippen LogP contribution in [-0.4, -0.2) is 12.5 Å². The molecule has 76 valence electrons. The first kappa shape index (κ1) is 9.52. The maximum atomic E-state index is 13.2. The summed E-state index contributed by atoms with van der Waals surface area (Å²) in [6.07, 6.45) is -0.186. The summed E-state index contributed by atoms with van der Waals surface area (Å²) in [5, 5.41) is 2.67. The Morgan fingerprint density at radius 2 is 2.14 bits per heavy atom. The SMILES string of the molecule is Fc1cccc(C2NCCC2(F)F)c1. The molecule has 0 aliphatic carbocycles. The maximum absolute atomic E-state index is 13.2. The van der Waals surface area contributed by atoms with E-state index in [9.17, 15) is 13.2 Å². The highest BCUT2D eigenvalue weighted by molar-refractivity contribution is 5.23. The first-order valence-corrected chi connectivity index (χ1v) is 4.46. The molecule has 0 radical (unpaired) electrons. The highest BCUT2D eigenvalue weighted by Gasteiger charge is 2.44. The van der Waals surface area contributed by atoms with Gasteiger partial charge in [-0.2, -0.15) is 0 Å². The number of hydrogen-bond acceptors (Lipinski definition) is 1. The van der Waals surface area contributed by atoms with Gasteiger partial charge >= 0.3 is 0 Å². The van der Waals surface area contributed by atoms with Gasteiger partial charge in [0.05, 0.1) is 6.04 Å². The van der Waals surface area contributed by atoms with Crippen LogP contribution in [0.1, 0.15) is 18.0 Å². The molecule has 1 unspecified atom stereocenters. The van der Waals surface area contributed by atoms with E-state index in [-0.39, 0.29) is 13.0 Å². The molecule has 0 aromatic heterocycles. The molecule has 1 N–H and O–H groups in total. The van der Waals surface area contributed by atoms with Gasteiger partial charge in [0.15, 0.2) is 0 Å². The predicted molar refractivity (Wildman–Crippen MR) is 46.7 cm³/mol. The fraction of sp³-hybridized carbons (Fsp3) is 0.400. The molecule has 14 heavy (non-hydrogen) atoms. The van der Waals surface area contributed by atoms with Crippen molar-refractivity contribution in [2.75, 3.05) is 6.54 Å². The minimum Gasteiger partial charge on any atom is -0.305 e. The molecule has 1 aromatic rings. The van der Waals surface area contributed by atoms with Crippen molar-refractivity contribution in [2.24, 2.45) is 0 Å². The molecule has 1 heterocycles. The molecule has 0 spiro atoms. The van der Waals surface area contributed by atoms with Gasteiger partial charge < -0.3 is 5.32 Å². The fourth-order valence-corrected chi connectivity index (χ4v) is 1.72. The average molecular weight is 201 g/mol. The minimum absolute atomic E-state index is 0.186. The number of benzene rings is 1. The molecule has 2 rings (SSSR count). The van der Waals surface area contributed by atoms with Gasteiger partial charge in [0.2, 0.25) is 0 Å². The number of nitrogens with one attached hydrogen (secondary N) is 1. The van der Waals surface area contributed by atoms with E-state index in [0.29, 0.717) is 5.56 Å². The van der Waals surface area contributed by atoms with Crippen LogP contribution in [0.25, 0.3) is 0 Å². The van der Waals surface area contributed by atoms with Gasteiger partial charge in [-0.05, 0) is 17.7 Å². The average Bonchev–Trinajstić information content (AvgIpc) is 2.45. The Labute approximate surface area is 79.9 Å². The number of hydrogen-bond donors (Lipinski definition) is 1. The van der Waals surface area contributed by atoms with Crippen molar-refractivity contribution in [3.63, 3.8) is 0 Å². The summed E-state index contributed by atoms with van der Waals surface area (Å²) in [4.78, 5) is 0. The number of halogens is 3. The Kier molecular flexibility index (Phi) is 2.23. The fourth-order valence-electron chi connectivity index (χ4n) is 1.72. The molecule has 1 saturated heterocycles. The zero-order chi connectivity index (χ0) is 10.2. The van der Waals surface area contributed by atoms with Crippen molar-refractivity contribution in [3.8, 4) is 0 Å². The summed E-state index contributed by atoms with van der Waals surface area (Å²) < 4.78 is 39.3. The molecule has 4 heteroatoms. The Morgan fingerprint density at radius 3 is 2.71 bits per heavy atom. The molecule has 0 saturated carbocycles. The summed E-state index contributed by atoms with van der Waals surface area (Å²) in [7, 11) is 0. The monoisotopic (exact) mass is 201 g/mol. The lowest BCUT2D eigenvalue weighted by molar-refractivity contribution is -0.0117. The van der Waals surface area contributed by atoms with Crippen LogP contribution in [0.5, 0.6) is 0 Å². The van der Waals surface area contributed by atoms with E-state index >= 15 is 0 Å². The first-order chi connectivity index (χ1) is 6.59. The topological polar surface area (TPSA) is 12.0 Å². The lowest BCUT2D eigenvalue weighted by Crippen LogP contribution is -2.26. The predicted octanol–water partition coefficient (Wildman–Crippen LogP) is 2.50.